The smallest absolute Gasteiger partial charge is 0.169 e. The monoisotopic (exact) mass is 276 g/mol. The van der Waals surface area contributed by atoms with Crippen LogP contribution in [0.4, 0.5) is 0 Å². The summed E-state index contributed by atoms with van der Waals surface area (Å²) in [5, 5.41) is 4.29. The highest BCUT2D eigenvalue weighted by Crippen LogP contribution is 2.38. The van der Waals surface area contributed by atoms with E-state index in [1.807, 2.05) is 12.1 Å². The molecule has 0 amide bonds. The molecule has 1 aliphatic heterocycles. The summed E-state index contributed by atoms with van der Waals surface area (Å²) in [7, 11) is 1.70. The summed E-state index contributed by atoms with van der Waals surface area (Å²) in [6.07, 6.45) is 5.17. The molecule has 0 radical (unpaired) electrons. The van der Waals surface area contributed by atoms with Crippen LogP contribution in [0.15, 0.2) is 24.3 Å². The van der Waals surface area contributed by atoms with Crippen molar-refractivity contribution in [2.75, 3.05) is 13.7 Å². The Balaban J connectivity index is 1.78. The molecule has 0 atom stereocenters. The van der Waals surface area contributed by atoms with Gasteiger partial charge in [0.15, 0.2) is 5.11 Å². The van der Waals surface area contributed by atoms with Gasteiger partial charge < -0.3 is 15.0 Å². The van der Waals surface area contributed by atoms with Crippen LogP contribution < -0.4 is 10.1 Å². The molecule has 19 heavy (non-hydrogen) atoms. The Bertz CT molecular complexity index is 466. The third-order valence-electron chi connectivity index (χ3n) is 4.42. The van der Waals surface area contributed by atoms with Gasteiger partial charge >= 0.3 is 0 Å². The van der Waals surface area contributed by atoms with Crippen LogP contribution in [0.5, 0.6) is 5.75 Å². The van der Waals surface area contributed by atoms with E-state index >= 15 is 0 Å². The van der Waals surface area contributed by atoms with Crippen LogP contribution in [-0.2, 0) is 6.54 Å². The lowest BCUT2D eigenvalue weighted by Gasteiger charge is -2.34. The quantitative estimate of drug-likeness (QED) is 0.858. The molecule has 2 aliphatic rings. The van der Waals surface area contributed by atoms with Gasteiger partial charge in [-0.25, -0.2) is 0 Å². The van der Waals surface area contributed by atoms with Gasteiger partial charge in [0, 0.05) is 13.1 Å². The van der Waals surface area contributed by atoms with Gasteiger partial charge in [0.2, 0.25) is 0 Å². The summed E-state index contributed by atoms with van der Waals surface area (Å²) in [6.45, 7) is 1.91. The molecule has 1 N–H and O–H groups in total. The van der Waals surface area contributed by atoms with Crippen molar-refractivity contribution in [1.29, 1.82) is 0 Å². The molecule has 1 aromatic carbocycles. The number of benzene rings is 1. The Labute approximate surface area is 119 Å². The van der Waals surface area contributed by atoms with E-state index in [1.54, 1.807) is 7.11 Å². The summed E-state index contributed by atoms with van der Waals surface area (Å²) < 4.78 is 5.20. The highest BCUT2D eigenvalue weighted by molar-refractivity contribution is 7.80. The van der Waals surface area contributed by atoms with Crippen molar-refractivity contribution in [1.82, 2.24) is 10.2 Å². The molecule has 0 unspecified atom stereocenters. The molecule has 0 bridgehead atoms. The van der Waals surface area contributed by atoms with Gasteiger partial charge in [0.05, 0.1) is 12.6 Å². The first-order chi connectivity index (χ1) is 9.23. The van der Waals surface area contributed by atoms with Crippen LogP contribution in [0.2, 0.25) is 0 Å². The zero-order valence-corrected chi connectivity index (χ0v) is 12.1. The maximum atomic E-state index is 5.49. The topological polar surface area (TPSA) is 24.5 Å². The van der Waals surface area contributed by atoms with Crippen LogP contribution >= 0.6 is 12.2 Å². The minimum atomic E-state index is 0.275. The largest absolute Gasteiger partial charge is 0.497 e. The van der Waals surface area contributed by atoms with Crippen molar-refractivity contribution in [2.24, 2.45) is 0 Å². The van der Waals surface area contributed by atoms with Crippen LogP contribution in [0.25, 0.3) is 0 Å². The van der Waals surface area contributed by atoms with Gasteiger partial charge in [-0.3, -0.25) is 0 Å². The molecule has 1 aliphatic carbocycles. The van der Waals surface area contributed by atoms with Gasteiger partial charge in [-0.2, -0.15) is 0 Å². The Morgan fingerprint density at radius 1 is 1.26 bits per heavy atom. The lowest BCUT2D eigenvalue weighted by molar-refractivity contribution is 0.208. The van der Waals surface area contributed by atoms with E-state index in [0.29, 0.717) is 0 Å². The molecule has 2 fully saturated rings. The van der Waals surface area contributed by atoms with Crippen molar-refractivity contribution in [3.8, 4) is 5.75 Å². The van der Waals surface area contributed by atoms with Crippen molar-refractivity contribution >= 4 is 17.3 Å². The lowest BCUT2D eigenvalue weighted by Crippen LogP contribution is -2.44. The van der Waals surface area contributed by atoms with Crippen LogP contribution in [0.3, 0.4) is 0 Å². The second-order valence-corrected chi connectivity index (χ2v) is 5.91. The fraction of sp³-hybridized carbons (Fsp3) is 0.533. The van der Waals surface area contributed by atoms with E-state index < -0.39 is 0 Å². The van der Waals surface area contributed by atoms with Crippen molar-refractivity contribution in [3.63, 3.8) is 0 Å². The fourth-order valence-corrected chi connectivity index (χ4v) is 3.61. The summed E-state index contributed by atoms with van der Waals surface area (Å²) >= 11 is 5.49. The van der Waals surface area contributed by atoms with Crippen molar-refractivity contribution < 1.29 is 4.74 Å². The maximum absolute atomic E-state index is 5.49. The highest BCUT2D eigenvalue weighted by atomic mass is 32.1. The number of hydrogen-bond acceptors (Lipinski definition) is 2. The third kappa shape index (κ3) is 2.29. The molecule has 1 heterocycles. The minimum absolute atomic E-state index is 0.275. The molecule has 1 aromatic rings. The minimum Gasteiger partial charge on any atom is -0.497 e. The number of thiocarbonyl (C=S) groups is 1. The second-order valence-electron chi connectivity index (χ2n) is 5.52. The SMILES string of the molecule is COc1ccc(CN2C(=S)NCC23CCCC3)cc1. The van der Waals surface area contributed by atoms with Gasteiger partial charge in [-0.15, -0.1) is 0 Å². The van der Waals surface area contributed by atoms with Crippen molar-refractivity contribution in [2.45, 2.75) is 37.8 Å². The molecule has 1 spiro atoms. The van der Waals surface area contributed by atoms with Crippen molar-refractivity contribution in [3.05, 3.63) is 29.8 Å². The maximum Gasteiger partial charge on any atom is 0.169 e. The molecule has 1 saturated carbocycles. The highest BCUT2D eigenvalue weighted by Gasteiger charge is 2.44. The molecular weight excluding hydrogens is 256 g/mol. The molecule has 3 rings (SSSR count). The Morgan fingerprint density at radius 3 is 2.58 bits per heavy atom. The average molecular weight is 276 g/mol. The number of rotatable bonds is 3. The zero-order chi connectivity index (χ0) is 13.3. The van der Waals surface area contributed by atoms with E-state index in [0.717, 1.165) is 24.0 Å². The summed E-state index contributed by atoms with van der Waals surface area (Å²) in [6, 6.07) is 8.29. The first-order valence-corrected chi connectivity index (χ1v) is 7.33. The second kappa shape index (κ2) is 5.00. The predicted molar refractivity (Wildman–Crippen MR) is 80.3 cm³/mol. The van der Waals surface area contributed by atoms with E-state index in [4.69, 9.17) is 17.0 Å². The number of ether oxygens (including phenoxy) is 1. The Kier molecular flexibility index (Phi) is 3.35. The van der Waals surface area contributed by atoms with E-state index in [9.17, 15) is 0 Å². The molecular formula is C15H20N2OS. The Hall–Kier alpha value is -1.29. The van der Waals surface area contributed by atoms with Gasteiger partial charge in [0.1, 0.15) is 5.75 Å². The number of hydrogen-bond donors (Lipinski definition) is 1. The van der Waals surface area contributed by atoms with Gasteiger partial charge in [-0.1, -0.05) is 25.0 Å². The number of nitrogens with zero attached hydrogens (tertiary/aromatic N) is 1. The van der Waals surface area contributed by atoms with E-state index in [2.05, 4.69) is 22.3 Å². The first-order valence-electron chi connectivity index (χ1n) is 6.92. The van der Waals surface area contributed by atoms with E-state index in [1.165, 1.54) is 31.2 Å². The average Bonchev–Trinajstić information content (AvgIpc) is 3.03. The normalized spacial score (nSPS) is 20.9. The molecule has 3 nitrogen and oxygen atoms in total. The fourth-order valence-electron chi connectivity index (χ4n) is 3.28. The predicted octanol–water partition coefficient (Wildman–Crippen LogP) is 2.70. The summed E-state index contributed by atoms with van der Waals surface area (Å²) in [5.74, 6) is 0.904. The zero-order valence-electron chi connectivity index (χ0n) is 11.3. The summed E-state index contributed by atoms with van der Waals surface area (Å²) in [5.41, 5.74) is 1.56. The van der Waals surface area contributed by atoms with Crippen LogP contribution in [-0.4, -0.2) is 29.2 Å². The molecule has 102 valence electrons. The first kappa shape index (κ1) is 12.7. The van der Waals surface area contributed by atoms with Crippen LogP contribution in [0, 0.1) is 0 Å². The number of nitrogens with one attached hydrogen (secondary N) is 1. The molecule has 0 aromatic heterocycles. The van der Waals surface area contributed by atoms with E-state index in [-0.39, 0.29) is 5.54 Å². The standard InChI is InChI=1S/C15H20N2OS/c1-18-13-6-4-12(5-7-13)10-17-14(19)16-11-15(17)8-2-3-9-15/h4-7H,2-3,8-11H2,1H3,(H,16,19). The lowest BCUT2D eigenvalue weighted by atomic mass is 9.96. The third-order valence-corrected chi connectivity index (χ3v) is 4.79. The Morgan fingerprint density at radius 2 is 1.95 bits per heavy atom. The molecule has 4 heteroatoms. The molecule has 1 saturated heterocycles. The van der Waals surface area contributed by atoms with Gasteiger partial charge in [0.25, 0.3) is 0 Å². The number of methoxy groups -OCH3 is 1. The van der Waals surface area contributed by atoms with Gasteiger partial charge in [-0.05, 0) is 42.8 Å². The summed E-state index contributed by atoms with van der Waals surface area (Å²) in [4.78, 5) is 2.40. The van der Waals surface area contributed by atoms with Crippen LogP contribution in [0.1, 0.15) is 31.2 Å².